The van der Waals surface area contributed by atoms with Gasteiger partial charge in [0.05, 0.1) is 10.0 Å². The fraction of sp³-hybridized carbons (Fsp3) is 0.417. The first-order valence-electron chi connectivity index (χ1n) is 5.46. The molecular weight excluding hydrogens is 292 g/mol. The smallest absolute Gasteiger partial charge is 0.257 e. The van der Waals surface area contributed by atoms with Crippen molar-refractivity contribution in [3.8, 4) is 0 Å². The SMILES string of the molecule is C[C@H]1CCCN1C(=O)c1cc(F)c(Br)cc1F. The molecule has 1 aliphatic heterocycles. The van der Waals surface area contributed by atoms with Gasteiger partial charge in [0.25, 0.3) is 5.91 Å². The van der Waals surface area contributed by atoms with Crippen LogP contribution in [-0.4, -0.2) is 23.4 Å². The first kappa shape index (κ1) is 12.5. The highest BCUT2D eigenvalue weighted by Gasteiger charge is 2.28. The van der Waals surface area contributed by atoms with E-state index in [4.69, 9.17) is 0 Å². The molecule has 1 heterocycles. The van der Waals surface area contributed by atoms with Crippen LogP contribution >= 0.6 is 15.9 Å². The molecule has 0 spiro atoms. The summed E-state index contributed by atoms with van der Waals surface area (Å²) >= 11 is 2.88. The lowest BCUT2D eigenvalue weighted by molar-refractivity contribution is 0.0742. The van der Waals surface area contributed by atoms with Crippen molar-refractivity contribution in [1.29, 1.82) is 0 Å². The molecule has 0 bridgehead atoms. The molecule has 0 unspecified atom stereocenters. The number of nitrogens with zero attached hydrogens (tertiary/aromatic N) is 1. The van der Waals surface area contributed by atoms with E-state index in [0.717, 1.165) is 25.0 Å². The molecule has 2 nitrogen and oxygen atoms in total. The van der Waals surface area contributed by atoms with Gasteiger partial charge in [-0.3, -0.25) is 4.79 Å². The molecule has 0 radical (unpaired) electrons. The fourth-order valence-corrected chi connectivity index (χ4v) is 2.39. The van der Waals surface area contributed by atoms with Crippen LogP contribution in [-0.2, 0) is 0 Å². The maximum atomic E-state index is 13.6. The minimum absolute atomic E-state index is 0.0287. The molecule has 2 rings (SSSR count). The average molecular weight is 304 g/mol. The second kappa shape index (κ2) is 4.72. The molecule has 1 aliphatic rings. The highest BCUT2D eigenvalue weighted by atomic mass is 79.9. The van der Waals surface area contributed by atoms with E-state index in [1.165, 1.54) is 0 Å². The zero-order valence-corrected chi connectivity index (χ0v) is 10.9. The van der Waals surface area contributed by atoms with E-state index >= 15 is 0 Å². The predicted octanol–water partition coefficient (Wildman–Crippen LogP) is 3.35. The summed E-state index contributed by atoms with van der Waals surface area (Å²) in [4.78, 5) is 13.6. The molecule has 1 aromatic rings. The summed E-state index contributed by atoms with van der Waals surface area (Å²) in [5, 5.41) is 0. The van der Waals surface area contributed by atoms with E-state index in [1.54, 1.807) is 4.90 Å². The lowest BCUT2D eigenvalue weighted by Crippen LogP contribution is -2.34. The third-order valence-corrected chi connectivity index (χ3v) is 3.66. The normalized spacial score (nSPS) is 19.8. The lowest BCUT2D eigenvalue weighted by Gasteiger charge is -2.21. The van der Waals surface area contributed by atoms with Crippen LogP contribution in [0.5, 0.6) is 0 Å². The van der Waals surface area contributed by atoms with Crippen LogP contribution in [0.25, 0.3) is 0 Å². The lowest BCUT2D eigenvalue weighted by atomic mass is 10.1. The molecule has 17 heavy (non-hydrogen) atoms. The minimum atomic E-state index is -0.692. The van der Waals surface area contributed by atoms with Gasteiger partial charge in [-0.1, -0.05) is 0 Å². The van der Waals surface area contributed by atoms with Gasteiger partial charge in [0.1, 0.15) is 11.6 Å². The zero-order valence-electron chi connectivity index (χ0n) is 9.34. The Balaban J connectivity index is 2.34. The summed E-state index contributed by atoms with van der Waals surface area (Å²) in [6, 6.07) is 2.03. The second-order valence-corrected chi connectivity index (χ2v) is 5.09. The van der Waals surface area contributed by atoms with E-state index in [9.17, 15) is 13.6 Å². The third kappa shape index (κ3) is 2.34. The number of hydrogen-bond donors (Lipinski definition) is 0. The van der Waals surface area contributed by atoms with Crippen molar-refractivity contribution in [2.75, 3.05) is 6.54 Å². The first-order chi connectivity index (χ1) is 8.00. The van der Waals surface area contributed by atoms with E-state index < -0.39 is 17.5 Å². The highest BCUT2D eigenvalue weighted by molar-refractivity contribution is 9.10. The fourth-order valence-electron chi connectivity index (χ4n) is 2.08. The molecule has 0 aliphatic carbocycles. The number of likely N-dealkylation sites (tertiary alicyclic amines) is 1. The van der Waals surface area contributed by atoms with Gasteiger partial charge >= 0.3 is 0 Å². The summed E-state index contributed by atoms with van der Waals surface area (Å²) in [6.45, 7) is 2.52. The van der Waals surface area contributed by atoms with Crippen LogP contribution in [0.2, 0.25) is 0 Å². The number of hydrogen-bond acceptors (Lipinski definition) is 1. The summed E-state index contributed by atoms with van der Waals surface area (Å²) in [5.41, 5.74) is -0.195. The maximum Gasteiger partial charge on any atom is 0.257 e. The highest BCUT2D eigenvalue weighted by Crippen LogP contribution is 2.24. The molecule has 92 valence electrons. The monoisotopic (exact) mass is 303 g/mol. The molecule has 1 atom stereocenters. The third-order valence-electron chi connectivity index (χ3n) is 3.05. The summed E-state index contributed by atoms with van der Waals surface area (Å²) in [7, 11) is 0. The number of amides is 1. The van der Waals surface area contributed by atoms with Crippen LogP contribution in [0.1, 0.15) is 30.1 Å². The summed E-state index contributed by atoms with van der Waals surface area (Å²) in [6.07, 6.45) is 1.82. The molecule has 1 amide bonds. The summed E-state index contributed by atoms with van der Waals surface area (Å²) in [5.74, 6) is -1.75. The van der Waals surface area contributed by atoms with Crippen molar-refractivity contribution < 1.29 is 13.6 Å². The number of benzene rings is 1. The van der Waals surface area contributed by atoms with Crippen molar-refractivity contribution in [2.24, 2.45) is 0 Å². The Hall–Kier alpha value is -0.970. The number of halogens is 3. The predicted molar refractivity (Wildman–Crippen MR) is 63.8 cm³/mol. The Kier molecular flexibility index (Phi) is 3.47. The maximum absolute atomic E-state index is 13.6. The largest absolute Gasteiger partial charge is 0.336 e. The zero-order chi connectivity index (χ0) is 12.6. The van der Waals surface area contributed by atoms with E-state index in [2.05, 4.69) is 15.9 Å². The van der Waals surface area contributed by atoms with E-state index in [-0.39, 0.29) is 16.1 Å². The first-order valence-corrected chi connectivity index (χ1v) is 6.25. The molecule has 1 saturated heterocycles. The van der Waals surface area contributed by atoms with Crippen LogP contribution in [0.15, 0.2) is 16.6 Å². The Bertz CT molecular complexity index is 464. The van der Waals surface area contributed by atoms with E-state index in [0.29, 0.717) is 6.54 Å². The van der Waals surface area contributed by atoms with Crippen LogP contribution < -0.4 is 0 Å². The van der Waals surface area contributed by atoms with Crippen LogP contribution in [0, 0.1) is 11.6 Å². The van der Waals surface area contributed by atoms with Crippen LogP contribution in [0.3, 0.4) is 0 Å². The van der Waals surface area contributed by atoms with E-state index in [1.807, 2.05) is 6.92 Å². The van der Waals surface area contributed by atoms with Gasteiger partial charge < -0.3 is 4.90 Å². The number of carbonyl (C=O) groups excluding carboxylic acids is 1. The quantitative estimate of drug-likeness (QED) is 0.729. The van der Waals surface area contributed by atoms with Gasteiger partial charge in [0.2, 0.25) is 0 Å². The van der Waals surface area contributed by atoms with Crippen molar-refractivity contribution in [1.82, 2.24) is 4.90 Å². The standard InChI is InChI=1S/C12H12BrF2NO/c1-7-3-2-4-16(7)12(17)8-5-11(15)9(13)6-10(8)14/h5-7H,2-4H2,1H3/t7-/m0/s1. The summed E-state index contributed by atoms with van der Waals surface area (Å²) < 4.78 is 27.0. The van der Waals surface area contributed by atoms with Gasteiger partial charge in [-0.15, -0.1) is 0 Å². The van der Waals surface area contributed by atoms with Gasteiger partial charge in [-0.05, 0) is 47.8 Å². The number of carbonyl (C=O) groups is 1. The van der Waals surface area contributed by atoms with Gasteiger partial charge in [0, 0.05) is 12.6 Å². The second-order valence-electron chi connectivity index (χ2n) is 4.24. The van der Waals surface area contributed by atoms with Gasteiger partial charge in [-0.25, -0.2) is 8.78 Å². The Morgan fingerprint density at radius 1 is 1.41 bits per heavy atom. The average Bonchev–Trinajstić information content (AvgIpc) is 2.69. The molecule has 1 fully saturated rings. The van der Waals surface area contributed by atoms with Gasteiger partial charge in [0.15, 0.2) is 0 Å². The molecular formula is C12H12BrF2NO. The molecule has 0 saturated carbocycles. The Morgan fingerprint density at radius 3 is 2.71 bits per heavy atom. The molecule has 0 aromatic heterocycles. The molecule has 1 aromatic carbocycles. The van der Waals surface area contributed by atoms with Gasteiger partial charge in [-0.2, -0.15) is 0 Å². The topological polar surface area (TPSA) is 20.3 Å². The van der Waals surface area contributed by atoms with Crippen molar-refractivity contribution in [2.45, 2.75) is 25.8 Å². The minimum Gasteiger partial charge on any atom is -0.336 e. The van der Waals surface area contributed by atoms with Crippen molar-refractivity contribution in [3.05, 3.63) is 33.8 Å². The van der Waals surface area contributed by atoms with Crippen LogP contribution in [0.4, 0.5) is 8.78 Å². The number of rotatable bonds is 1. The van der Waals surface area contributed by atoms with Crippen molar-refractivity contribution >= 4 is 21.8 Å². The molecule has 0 N–H and O–H groups in total. The van der Waals surface area contributed by atoms with Crippen molar-refractivity contribution in [3.63, 3.8) is 0 Å². The Labute approximate surface area is 107 Å². The Morgan fingerprint density at radius 2 is 2.12 bits per heavy atom. The molecule has 5 heteroatoms.